The standard InChI is InChI=1S/C18H22N4O4/c1-11(2)21-18(23)20-6-13-8-22-14(7-19-17(22)9-24-13)12-3-4-15-16(5-12)26-10-25-15/h3-5,7,11,13H,6,8-10H2,1-2H3,(H2,20,21,23)/t13-/m0/s1. The molecule has 8 nitrogen and oxygen atoms in total. The van der Waals surface area contributed by atoms with Gasteiger partial charge in [-0.1, -0.05) is 0 Å². The minimum absolute atomic E-state index is 0.0973. The lowest BCUT2D eigenvalue weighted by molar-refractivity contribution is 0.00489. The smallest absolute Gasteiger partial charge is 0.315 e. The summed E-state index contributed by atoms with van der Waals surface area (Å²) in [5.74, 6) is 2.38. The number of urea groups is 1. The fourth-order valence-electron chi connectivity index (χ4n) is 3.11. The first kappa shape index (κ1) is 16.7. The molecule has 0 fully saturated rings. The molecule has 138 valence electrons. The van der Waals surface area contributed by atoms with Crippen molar-refractivity contribution in [2.75, 3.05) is 13.3 Å². The Labute approximate surface area is 151 Å². The molecule has 1 aromatic carbocycles. The summed E-state index contributed by atoms with van der Waals surface area (Å²) in [7, 11) is 0. The van der Waals surface area contributed by atoms with Crippen molar-refractivity contribution in [3.63, 3.8) is 0 Å². The highest BCUT2D eigenvalue weighted by atomic mass is 16.7. The number of nitrogens with one attached hydrogen (secondary N) is 2. The molecule has 2 aliphatic heterocycles. The second-order valence-corrected chi connectivity index (χ2v) is 6.68. The monoisotopic (exact) mass is 358 g/mol. The molecule has 0 spiro atoms. The Morgan fingerprint density at radius 1 is 1.35 bits per heavy atom. The average Bonchev–Trinajstić information content (AvgIpc) is 3.24. The normalized spacial score (nSPS) is 17.9. The van der Waals surface area contributed by atoms with Gasteiger partial charge in [0.15, 0.2) is 11.5 Å². The van der Waals surface area contributed by atoms with Gasteiger partial charge in [0.25, 0.3) is 0 Å². The van der Waals surface area contributed by atoms with Gasteiger partial charge in [0, 0.05) is 18.2 Å². The van der Waals surface area contributed by atoms with Gasteiger partial charge in [0.2, 0.25) is 6.79 Å². The molecule has 2 amide bonds. The van der Waals surface area contributed by atoms with Crippen molar-refractivity contribution in [1.29, 1.82) is 0 Å². The van der Waals surface area contributed by atoms with E-state index in [1.807, 2.05) is 38.2 Å². The number of rotatable bonds is 4. The molecule has 4 rings (SSSR count). The first-order valence-corrected chi connectivity index (χ1v) is 8.70. The zero-order valence-corrected chi connectivity index (χ0v) is 14.8. The van der Waals surface area contributed by atoms with Crippen LogP contribution < -0.4 is 20.1 Å². The first-order chi connectivity index (χ1) is 12.6. The Morgan fingerprint density at radius 3 is 3.04 bits per heavy atom. The van der Waals surface area contributed by atoms with Crippen LogP contribution in [0, 0.1) is 0 Å². The van der Waals surface area contributed by atoms with Gasteiger partial charge in [-0.3, -0.25) is 0 Å². The second-order valence-electron chi connectivity index (χ2n) is 6.68. The number of aromatic nitrogens is 2. The maximum absolute atomic E-state index is 11.8. The molecular weight excluding hydrogens is 336 g/mol. The Hall–Kier alpha value is -2.74. The van der Waals surface area contributed by atoms with Crippen LogP contribution in [0.5, 0.6) is 11.5 Å². The largest absolute Gasteiger partial charge is 0.454 e. The van der Waals surface area contributed by atoms with Crippen LogP contribution in [0.1, 0.15) is 19.7 Å². The van der Waals surface area contributed by atoms with Crippen molar-refractivity contribution in [2.45, 2.75) is 39.1 Å². The van der Waals surface area contributed by atoms with Crippen LogP contribution in [-0.2, 0) is 17.9 Å². The number of amides is 2. The predicted octanol–water partition coefficient (Wildman–Crippen LogP) is 1.89. The van der Waals surface area contributed by atoms with E-state index in [1.54, 1.807) is 0 Å². The van der Waals surface area contributed by atoms with E-state index in [9.17, 15) is 4.79 Å². The SMILES string of the molecule is CC(C)NC(=O)NC[C@H]1Cn2c(-c3ccc4c(c3)OCO4)cnc2CO1. The van der Waals surface area contributed by atoms with Gasteiger partial charge in [-0.2, -0.15) is 0 Å². The molecule has 0 radical (unpaired) electrons. The number of nitrogens with zero attached hydrogens (tertiary/aromatic N) is 2. The van der Waals surface area contributed by atoms with E-state index >= 15 is 0 Å². The lowest BCUT2D eigenvalue weighted by Crippen LogP contribution is -2.45. The first-order valence-electron chi connectivity index (χ1n) is 8.70. The van der Waals surface area contributed by atoms with Gasteiger partial charge in [-0.15, -0.1) is 0 Å². The van der Waals surface area contributed by atoms with Gasteiger partial charge in [-0.05, 0) is 32.0 Å². The molecule has 1 aromatic heterocycles. The molecule has 3 heterocycles. The molecule has 2 aliphatic rings. The molecule has 0 aliphatic carbocycles. The summed E-state index contributed by atoms with van der Waals surface area (Å²) in [6.45, 7) is 5.59. The molecule has 1 atom stereocenters. The number of ether oxygens (including phenoxy) is 3. The molecule has 0 saturated heterocycles. The summed E-state index contributed by atoms with van der Waals surface area (Å²) in [5, 5.41) is 5.66. The summed E-state index contributed by atoms with van der Waals surface area (Å²) in [5.41, 5.74) is 2.01. The van der Waals surface area contributed by atoms with E-state index in [1.165, 1.54) is 0 Å². The molecule has 2 N–H and O–H groups in total. The van der Waals surface area contributed by atoms with Crippen LogP contribution in [-0.4, -0.2) is 41.1 Å². The van der Waals surface area contributed by atoms with Crippen molar-refractivity contribution >= 4 is 6.03 Å². The maximum atomic E-state index is 11.8. The number of carbonyl (C=O) groups is 1. The van der Waals surface area contributed by atoms with Crippen LogP contribution in [0.3, 0.4) is 0 Å². The quantitative estimate of drug-likeness (QED) is 0.872. The predicted molar refractivity (Wildman–Crippen MR) is 94.0 cm³/mol. The summed E-state index contributed by atoms with van der Waals surface area (Å²) >= 11 is 0. The van der Waals surface area contributed by atoms with E-state index < -0.39 is 0 Å². The maximum Gasteiger partial charge on any atom is 0.315 e. The Morgan fingerprint density at radius 2 is 2.19 bits per heavy atom. The van der Waals surface area contributed by atoms with Crippen LogP contribution in [0.4, 0.5) is 4.79 Å². The van der Waals surface area contributed by atoms with Crippen molar-refractivity contribution < 1.29 is 19.0 Å². The van der Waals surface area contributed by atoms with Crippen LogP contribution in [0.2, 0.25) is 0 Å². The van der Waals surface area contributed by atoms with Gasteiger partial charge >= 0.3 is 6.03 Å². The summed E-state index contributed by atoms with van der Waals surface area (Å²) in [6.07, 6.45) is 1.74. The Bertz CT molecular complexity index is 818. The van der Waals surface area contributed by atoms with E-state index in [-0.39, 0.29) is 25.0 Å². The van der Waals surface area contributed by atoms with Crippen LogP contribution in [0.15, 0.2) is 24.4 Å². The molecule has 0 bridgehead atoms. The van der Waals surface area contributed by atoms with Crippen molar-refractivity contribution in [2.24, 2.45) is 0 Å². The summed E-state index contributed by atoms with van der Waals surface area (Å²) < 4.78 is 18.8. The van der Waals surface area contributed by atoms with E-state index in [4.69, 9.17) is 14.2 Å². The third kappa shape index (κ3) is 3.32. The molecule has 0 saturated carbocycles. The molecule has 2 aromatic rings. The van der Waals surface area contributed by atoms with Crippen molar-refractivity contribution in [1.82, 2.24) is 20.2 Å². The van der Waals surface area contributed by atoms with Gasteiger partial charge in [0.1, 0.15) is 12.4 Å². The minimum atomic E-state index is -0.184. The Balaban J connectivity index is 1.47. The van der Waals surface area contributed by atoms with Gasteiger partial charge in [-0.25, -0.2) is 9.78 Å². The number of carbonyl (C=O) groups excluding carboxylic acids is 1. The van der Waals surface area contributed by atoms with Crippen LogP contribution >= 0.6 is 0 Å². The number of imidazole rings is 1. The third-order valence-corrected chi connectivity index (χ3v) is 4.35. The van der Waals surface area contributed by atoms with Gasteiger partial charge in [0.05, 0.1) is 24.5 Å². The number of benzene rings is 1. The van der Waals surface area contributed by atoms with Gasteiger partial charge < -0.3 is 29.4 Å². The fraction of sp³-hybridized carbons (Fsp3) is 0.444. The summed E-state index contributed by atoms with van der Waals surface area (Å²) in [6, 6.07) is 5.78. The molecule has 8 heteroatoms. The average molecular weight is 358 g/mol. The topological polar surface area (TPSA) is 86.6 Å². The molecule has 0 unspecified atom stereocenters. The van der Waals surface area contributed by atoms with E-state index in [0.717, 1.165) is 28.6 Å². The zero-order valence-electron chi connectivity index (χ0n) is 14.8. The Kier molecular flexibility index (Phi) is 4.42. The molecular formula is C18H22N4O4. The van der Waals surface area contributed by atoms with Crippen molar-refractivity contribution in [3.8, 4) is 22.8 Å². The third-order valence-electron chi connectivity index (χ3n) is 4.35. The van der Waals surface area contributed by atoms with E-state index in [2.05, 4.69) is 20.2 Å². The lowest BCUT2D eigenvalue weighted by Gasteiger charge is -2.26. The number of hydrogen-bond donors (Lipinski definition) is 2. The highest BCUT2D eigenvalue weighted by molar-refractivity contribution is 5.74. The highest BCUT2D eigenvalue weighted by Gasteiger charge is 2.24. The van der Waals surface area contributed by atoms with Crippen LogP contribution in [0.25, 0.3) is 11.3 Å². The number of hydrogen-bond acceptors (Lipinski definition) is 5. The van der Waals surface area contributed by atoms with E-state index in [0.29, 0.717) is 19.7 Å². The zero-order chi connectivity index (χ0) is 18.1. The fourth-order valence-corrected chi connectivity index (χ4v) is 3.11. The lowest BCUT2D eigenvalue weighted by atomic mass is 10.1. The highest BCUT2D eigenvalue weighted by Crippen LogP contribution is 2.36. The second kappa shape index (κ2) is 6.87. The number of fused-ring (bicyclic) bond motifs is 2. The minimum Gasteiger partial charge on any atom is -0.454 e. The van der Waals surface area contributed by atoms with Crippen molar-refractivity contribution in [3.05, 3.63) is 30.2 Å². The molecule has 26 heavy (non-hydrogen) atoms. The summed E-state index contributed by atoms with van der Waals surface area (Å²) in [4.78, 5) is 16.2.